The van der Waals surface area contributed by atoms with Crippen molar-refractivity contribution >= 4 is 11.8 Å². The van der Waals surface area contributed by atoms with Crippen LogP contribution in [-0.4, -0.2) is 77.9 Å². The van der Waals surface area contributed by atoms with Gasteiger partial charge in [-0.25, -0.2) is 4.39 Å². The molecule has 142 valence electrons. The van der Waals surface area contributed by atoms with Crippen molar-refractivity contribution in [2.75, 3.05) is 46.3 Å². The number of likely N-dealkylation sites (tertiary alicyclic amines) is 1. The van der Waals surface area contributed by atoms with Gasteiger partial charge < -0.3 is 19.8 Å². The molecule has 2 aliphatic heterocycles. The highest BCUT2D eigenvalue weighted by Crippen LogP contribution is 2.31. The van der Waals surface area contributed by atoms with Gasteiger partial charge in [0.2, 0.25) is 5.91 Å². The number of phenolic OH excluding ortho intramolecular Hbond substituents is 1. The molecule has 1 aromatic carbocycles. The van der Waals surface area contributed by atoms with Crippen LogP contribution in [0.5, 0.6) is 5.75 Å². The van der Waals surface area contributed by atoms with E-state index in [9.17, 15) is 19.1 Å². The third-order valence-corrected chi connectivity index (χ3v) is 5.46. The zero-order valence-corrected chi connectivity index (χ0v) is 15.4. The summed E-state index contributed by atoms with van der Waals surface area (Å²) in [6.45, 7) is 5.45. The van der Waals surface area contributed by atoms with Crippen molar-refractivity contribution in [2.24, 2.45) is 5.41 Å². The average Bonchev–Trinajstić information content (AvgIpc) is 2.81. The minimum Gasteiger partial charge on any atom is -0.507 e. The van der Waals surface area contributed by atoms with Gasteiger partial charge in [0.25, 0.3) is 5.91 Å². The van der Waals surface area contributed by atoms with Gasteiger partial charge in [0.15, 0.2) is 0 Å². The van der Waals surface area contributed by atoms with Crippen LogP contribution in [0.25, 0.3) is 0 Å². The summed E-state index contributed by atoms with van der Waals surface area (Å²) < 4.78 is 14.0. The average molecular weight is 363 g/mol. The number of amides is 2. The van der Waals surface area contributed by atoms with E-state index in [1.54, 1.807) is 0 Å². The molecular formula is C19H26FN3O3. The van der Waals surface area contributed by atoms with Gasteiger partial charge in [-0.05, 0) is 45.5 Å². The van der Waals surface area contributed by atoms with E-state index in [1.807, 2.05) is 18.9 Å². The summed E-state index contributed by atoms with van der Waals surface area (Å²) in [5, 5.41) is 9.85. The number of rotatable bonds is 2. The molecule has 0 radical (unpaired) electrons. The fourth-order valence-electron chi connectivity index (χ4n) is 3.95. The summed E-state index contributed by atoms with van der Waals surface area (Å²) in [6.07, 6.45) is 1.48. The number of hydrogen-bond acceptors (Lipinski definition) is 4. The molecule has 2 amide bonds. The third kappa shape index (κ3) is 3.53. The maximum absolute atomic E-state index is 14.0. The van der Waals surface area contributed by atoms with E-state index in [0.717, 1.165) is 25.6 Å². The van der Waals surface area contributed by atoms with Crippen molar-refractivity contribution < 1.29 is 19.1 Å². The van der Waals surface area contributed by atoms with E-state index in [-0.39, 0.29) is 22.6 Å². The Hall–Kier alpha value is -2.15. The highest BCUT2D eigenvalue weighted by molar-refractivity contribution is 5.97. The molecule has 6 nitrogen and oxygen atoms in total. The Morgan fingerprint density at radius 2 is 1.81 bits per heavy atom. The number of carbonyl (C=O) groups excluding carboxylic acids is 2. The van der Waals surface area contributed by atoms with Gasteiger partial charge in [-0.15, -0.1) is 0 Å². The van der Waals surface area contributed by atoms with Gasteiger partial charge in [0.1, 0.15) is 17.1 Å². The first-order valence-electron chi connectivity index (χ1n) is 9.06. The maximum Gasteiger partial charge on any atom is 0.260 e. The number of carbonyl (C=O) groups is 2. The second-order valence-electron chi connectivity index (χ2n) is 7.62. The predicted molar refractivity (Wildman–Crippen MR) is 95.4 cm³/mol. The zero-order valence-electron chi connectivity index (χ0n) is 15.4. The fourth-order valence-corrected chi connectivity index (χ4v) is 3.95. The van der Waals surface area contributed by atoms with E-state index in [4.69, 9.17) is 0 Å². The Bertz CT molecular complexity index is 691. The van der Waals surface area contributed by atoms with Crippen LogP contribution in [0.4, 0.5) is 4.39 Å². The molecule has 2 aliphatic rings. The Morgan fingerprint density at radius 3 is 2.46 bits per heavy atom. The smallest absolute Gasteiger partial charge is 0.260 e. The van der Waals surface area contributed by atoms with Crippen LogP contribution in [0.2, 0.25) is 0 Å². The lowest BCUT2D eigenvalue weighted by Gasteiger charge is -2.31. The monoisotopic (exact) mass is 363 g/mol. The summed E-state index contributed by atoms with van der Waals surface area (Å²) in [4.78, 5) is 31.1. The summed E-state index contributed by atoms with van der Waals surface area (Å²) in [5.41, 5.74) is -0.672. The van der Waals surface area contributed by atoms with Crippen molar-refractivity contribution in [2.45, 2.75) is 19.8 Å². The fraction of sp³-hybridized carbons (Fsp3) is 0.579. The van der Waals surface area contributed by atoms with Gasteiger partial charge in [-0.1, -0.05) is 6.07 Å². The number of hydrogen-bond donors (Lipinski definition) is 1. The molecular weight excluding hydrogens is 337 g/mol. The highest BCUT2D eigenvalue weighted by Gasteiger charge is 2.41. The molecule has 2 heterocycles. The summed E-state index contributed by atoms with van der Waals surface area (Å²) in [6, 6.07) is 3.84. The van der Waals surface area contributed by atoms with E-state index < -0.39 is 11.7 Å². The van der Waals surface area contributed by atoms with E-state index in [1.165, 1.54) is 17.0 Å². The number of nitrogens with zero attached hydrogens (tertiary/aromatic N) is 3. The molecule has 2 saturated heterocycles. The lowest BCUT2D eigenvalue weighted by atomic mass is 9.88. The molecule has 3 rings (SSSR count). The van der Waals surface area contributed by atoms with Crippen molar-refractivity contribution in [1.29, 1.82) is 0 Å². The molecule has 0 aliphatic carbocycles. The molecule has 2 fully saturated rings. The molecule has 0 aromatic heterocycles. The van der Waals surface area contributed by atoms with Gasteiger partial charge in [-0.2, -0.15) is 0 Å². The van der Waals surface area contributed by atoms with Gasteiger partial charge in [0.05, 0.1) is 5.41 Å². The summed E-state index contributed by atoms with van der Waals surface area (Å²) in [7, 11) is 2.02. The molecule has 0 bridgehead atoms. The topological polar surface area (TPSA) is 64.1 Å². The second-order valence-corrected chi connectivity index (χ2v) is 7.62. The van der Waals surface area contributed by atoms with Gasteiger partial charge >= 0.3 is 0 Å². The number of halogens is 1. The molecule has 26 heavy (non-hydrogen) atoms. The minimum atomic E-state index is -0.728. The van der Waals surface area contributed by atoms with Crippen LogP contribution in [0.1, 0.15) is 30.1 Å². The van der Waals surface area contributed by atoms with Crippen molar-refractivity contribution in [3.63, 3.8) is 0 Å². The third-order valence-electron chi connectivity index (χ3n) is 5.46. The van der Waals surface area contributed by atoms with Crippen molar-refractivity contribution in [3.05, 3.63) is 29.6 Å². The van der Waals surface area contributed by atoms with Crippen molar-refractivity contribution in [3.8, 4) is 5.75 Å². The van der Waals surface area contributed by atoms with Gasteiger partial charge in [-0.3, -0.25) is 9.59 Å². The van der Waals surface area contributed by atoms with Crippen LogP contribution in [0.3, 0.4) is 0 Å². The predicted octanol–water partition coefficient (Wildman–Crippen LogP) is 1.55. The van der Waals surface area contributed by atoms with Crippen LogP contribution >= 0.6 is 0 Å². The molecule has 7 heteroatoms. The Kier molecular flexibility index (Phi) is 5.18. The summed E-state index contributed by atoms with van der Waals surface area (Å²) in [5.74, 6) is -1.48. The van der Waals surface area contributed by atoms with Crippen LogP contribution in [0, 0.1) is 11.2 Å². The zero-order chi connectivity index (χ0) is 18.9. The Morgan fingerprint density at radius 1 is 1.12 bits per heavy atom. The highest BCUT2D eigenvalue weighted by atomic mass is 19.1. The molecule has 1 atom stereocenters. The Balaban J connectivity index is 1.69. The van der Waals surface area contributed by atoms with Gasteiger partial charge in [0, 0.05) is 32.7 Å². The summed E-state index contributed by atoms with van der Waals surface area (Å²) >= 11 is 0. The van der Waals surface area contributed by atoms with Crippen molar-refractivity contribution in [1.82, 2.24) is 14.7 Å². The molecule has 0 spiro atoms. The molecule has 1 aromatic rings. The quantitative estimate of drug-likeness (QED) is 0.866. The van der Waals surface area contributed by atoms with Crippen LogP contribution < -0.4 is 0 Å². The first-order chi connectivity index (χ1) is 12.3. The molecule has 1 N–H and O–H groups in total. The number of benzene rings is 1. The Labute approximate surface area is 153 Å². The lowest BCUT2D eigenvalue weighted by molar-refractivity contribution is -0.140. The van der Waals surface area contributed by atoms with Crippen LogP contribution in [-0.2, 0) is 4.79 Å². The van der Waals surface area contributed by atoms with E-state index in [0.29, 0.717) is 32.6 Å². The molecule has 1 unspecified atom stereocenters. The maximum atomic E-state index is 14.0. The first-order valence-corrected chi connectivity index (χ1v) is 9.06. The SMILES string of the molecule is CN1CCC(C)(C(=O)N2CCCN(C(=O)c3c(O)cccc3F)CC2)C1. The van der Waals surface area contributed by atoms with E-state index >= 15 is 0 Å². The number of phenols is 1. The minimum absolute atomic E-state index is 0.130. The first kappa shape index (κ1) is 18.6. The normalized spacial score (nSPS) is 24.6. The van der Waals surface area contributed by atoms with Crippen LogP contribution in [0.15, 0.2) is 18.2 Å². The second kappa shape index (κ2) is 7.23. The van der Waals surface area contributed by atoms with E-state index in [2.05, 4.69) is 4.90 Å². The lowest BCUT2D eigenvalue weighted by Crippen LogP contribution is -2.45. The number of aromatic hydroxyl groups is 1. The standard InChI is InChI=1S/C19H26FN3O3/c1-19(7-10-21(2)13-19)18(26)23-9-4-8-22(11-12-23)17(25)16-14(20)5-3-6-15(16)24/h3,5-6,24H,4,7-13H2,1-2H3. The molecule has 0 saturated carbocycles. The largest absolute Gasteiger partial charge is 0.507 e.